The van der Waals surface area contributed by atoms with Crippen LogP contribution in [0.4, 0.5) is 44.2 Å². The van der Waals surface area contributed by atoms with Crippen LogP contribution < -0.4 is 15.4 Å². The molecule has 4 aliphatic rings. The molecule has 0 bridgehead atoms. The van der Waals surface area contributed by atoms with Crippen LogP contribution in [0, 0.1) is 33.6 Å². The lowest BCUT2D eigenvalue weighted by molar-refractivity contribution is -0.384. The molecule has 2 aliphatic carbocycles. The molecular weight excluding hydrogens is 1410 g/mol. The number of hydrogen-bond acceptors (Lipinski definition) is 25. The lowest BCUT2D eigenvalue weighted by atomic mass is 9.93. The fourth-order valence-electron chi connectivity index (χ4n) is 11.9. The molecule has 0 radical (unpaired) electrons. The quantitative estimate of drug-likeness (QED) is 0.00962. The maximum absolute atomic E-state index is 14.8. The number of thiazole rings is 2. The molecule has 2 aliphatic heterocycles. The summed E-state index contributed by atoms with van der Waals surface area (Å²) in [7, 11) is 0. The van der Waals surface area contributed by atoms with Gasteiger partial charge in [-0.25, -0.2) is 38.3 Å². The van der Waals surface area contributed by atoms with E-state index in [9.17, 15) is 46.9 Å². The summed E-state index contributed by atoms with van der Waals surface area (Å²) in [6.45, 7) is 13.9. The van der Waals surface area contributed by atoms with Crippen LogP contribution >= 0.6 is 22.7 Å². The molecule has 560 valence electrons. The van der Waals surface area contributed by atoms with Gasteiger partial charge in [0.1, 0.15) is 49.9 Å². The van der Waals surface area contributed by atoms with E-state index in [1.165, 1.54) is 59.3 Å². The molecule has 4 fully saturated rings. The van der Waals surface area contributed by atoms with E-state index in [4.69, 9.17) is 33.2 Å². The van der Waals surface area contributed by atoms with Gasteiger partial charge in [0.25, 0.3) is 17.5 Å². The van der Waals surface area contributed by atoms with Crippen LogP contribution in [0.15, 0.2) is 96.5 Å². The Morgan fingerprint density at radius 3 is 1.57 bits per heavy atom. The van der Waals surface area contributed by atoms with E-state index in [1.807, 2.05) is 13.8 Å². The second-order valence-corrected chi connectivity index (χ2v) is 26.0. The summed E-state index contributed by atoms with van der Waals surface area (Å²) in [5.74, 6) is -4.06. The maximum atomic E-state index is 14.8. The van der Waals surface area contributed by atoms with Gasteiger partial charge in [0.2, 0.25) is 11.9 Å². The Morgan fingerprint density at radius 2 is 1.10 bits per heavy atom. The van der Waals surface area contributed by atoms with Gasteiger partial charge in [-0.05, 0) is 114 Å². The number of halogens is 4. The zero-order valence-electron chi connectivity index (χ0n) is 56.9. The number of anilines is 2. The molecule has 9 aromatic rings. The number of non-ortho nitro benzene ring substituents is 1. The first-order valence-corrected chi connectivity index (χ1v) is 35.8. The average Bonchev–Trinajstić information content (AvgIpc) is 1.66. The fourth-order valence-corrected chi connectivity index (χ4v) is 13.5. The number of nitro benzene ring substituents is 1. The van der Waals surface area contributed by atoms with Gasteiger partial charge in [-0.1, -0.05) is 7.43 Å². The Kier molecular flexibility index (Phi) is 28.3. The molecule has 8 aromatic heterocycles. The van der Waals surface area contributed by atoms with E-state index < -0.39 is 52.5 Å². The van der Waals surface area contributed by atoms with Crippen LogP contribution in [0.25, 0.3) is 43.9 Å². The number of nitrogens with one attached hydrogen (secondary N) is 3. The van der Waals surface area contributed by atoms with Gasteiger partial charge in [0.05, 0.1) is 92.6 Å². The van der Waals surface area contributed by atoms with Crippen LogP contribution in [0.3, 0.4) is 0 Å². The Morgan fingerprint density at radius 1 is 0.619 bits per heavy atom. The summed E-state index contributed by atoms with van der Waals surface area (Å²) in [5.41, 5.74) is 1.43. The number of rotatable bonds is 24. The van der Waals surface area contributed by atoms with Gasteiger partial charge in [0, 0.05) is 111 Å². The van der Waals surface area contributed by atoms with Gasteiger partial charge in [-0.3, -0.25) is 44.0 Å². The second-order valence-electron chi connectivity index (χ2n) is 24.3. The lowest BCUT2D eigenvalue weighted by Crippen LogP contribution is -2.37. The molecule has 0 atom stereocenters. The van der Waals surface area contributed by atoms with Crippen LogP contribution in [0.1, 0.15) is 119 Å². The SMILES string of the molecule is C.CCOC1CCC(n2cc(NC(=O)c3csc(-c4cn[nH]c4)n3)c(-c3nc(F)ccc3F)n2)CC1.CCOC1CCC(n2cc(NC(=O)c3csc(-c4cnn(C(=O)OCCCN5CCOCC5)c4)n3)c(-c3nc(F)ccc3F)n2)CC1.O=C(OCCCN1CCOCC1)Oc1ccc([N+](=O)[O-])cc1. The van der Waals surface area contributed by atoms with Gasteiger partial charge < -0.3 is 43.8 Å². The number of aromatic nitrogens is 12. The van der Waals surface area contributed by atoms with Gasteiger partial charge >= 0.3 is 12.2 Å². The first-order valence-electron chi connectivity index (χ1n) is 34.0. The predicted molar refractivity (Wildman–Crippen MR) is 378 cm³/mol. The molecule has 1 aromatic carbocycles. The third-order valence-electron chi connectivity index (χ3n) is 17.2. The fraction of sp³-hybridized carbons (Fsp3) is 0.449. The second kappa shape index (κ2) is 38.3. The number of amides is 2. The van der Waals surface area contributed by atoms with E-state index in [1.54, 1.807) is 44.9 Å². The summed E-state index contributed by atoms with van der Waals surface area (Å²) in [6.07, 6.45) is 16.5. The Balaban J connectivity index is 0.000000179. The first-order chi connectivity index (χ1) is 50.5. The number of morpholine rings is 2. The Bertz CT molecular complexity index is 4300. The molecule has 2 saturated heterocycles. The smallest absolute Gasteiger partial charge is 0.448 e. The molecular formula is C69H81F4N17O13S2. The van der Waals surface area contributed by atoms with Crippen molar-refractivity contribution in [1.29, 1.82) is 0 Å². The molecule has 36 heteroatoms. The summed E-state index contributed by atoms with van der Waals surface area (Å²) >= 11 is 2.49. The third-order valence-corrected chi connectivity index (χ3v) is 19.0. The Hall–Kier alpha value is -9.82. The summed E-state index contributed by atoms with van der Waals surface area (Å²) in [5, 5.41) is 40.1. The van der Waals surface area contributed by atoms with Crippen LogP contribution in [0.5, 0.6) is 5.75 Å². The van der Waals surface area contributed by atoms with Crippen molar-refractivity contribution in [2.75, 3.05) is 103 Å². The van der Waals surface area contributed by atoms with Crippen molar-refractivity contribution in [3.8, 4) is 49.7 Å². The number of pyridine rings is 2. The standard InChI is InChI=1S/C31H36F2N8O5S.C23H23F2N7O2S.C14H18N2O6.CH4/c1-2-45-22-6-4-21(5-7-22)40-18-24(28(38-40)27-23(32)8-9-26(33)37-27)35-29(42)25-19-47-30(36-25)20-16-34-41(17-20)31(43)46-13-3-10-39-11-14-44-15-12-39;1-2-34-15-5-3-14(4-6-15)32-11-17(21(31-32)20-16(24)7-8-19(25)30-20)28-22(33)18-12-35-23(29-18)13-9-26-27-10-13;17-14(21-9-1-6-15-7-10-20-11-8-15)22-13-4-2-12(3-5-13)16(18)19;/h8-9,16-19,21-22H,2-7,10-15H2,1H3,(H,35,42);7-12,14-15H,2-6H2,1H3,(H,26,27)(H,28,33);2-5H,1,6-11H2;1H4. The minimum absolute atomic E-state index is 0. The van der Waals surface area contributed by atoms with Gasteiger partial charge in [-0.2, -0.15) is 33.9 Å². The van der Waals surface area contributed by atoms with E-state index in [-0.39, 0.29) is 102 Å². The maximum Gasteiger partial charge on any atom is 0.513 e. The minimum Gasteiger partial charge on any atom is -0.448 e. The number of carbonyl (C=O) groups is 4. The zero-order valence-corrected chi connectivity index (χ0v) is 58.5. The van der Waals surface area contributed by atoms with E-state index in [2.05, 4.69) is 65.9 Å². The summed E-state index contributed by atoms with van der Waals surface area (Å²) in [4.78, 5) is 81.0. The highest BCUT2D eigenvalue weighted by molar-refractivity contribution is 7.13. The molecule has 13 rings (SSSR count). The van der Waals surface area contributed by atoms with Crippen molar-refractivity contribution in [3.05, 3.63) is 142 Å². The van der Waals surface area contributed by atoms with Crippen LogP contribution in [-0.4, -0.2) is 203 Å². The largest absolute Gasteiger partial charge is 0.513 e. The molecule has 10 heterocycles. The van der Waals surface area contributed by atoms with E-state index in [0.717, 1.165) is 145 Å². The van der Waals surface area contributed by atoms with Crippen molar-refractivity contribution in [2.24, 2.45) is 0 Å². The monoisotopic (exact) mass is 1500 g/mol. The molecule has 2 saturated carbocycles. The average molecular weight is 1500 g/mol. The number of carbonyl (C=O) groups excluding carboxylic acids is 4. The Labute approximate surface area is 608 Å². The zero-order chi connectivity index (χ0) is 72.9. The van der Waals surface area contributed by atoms with Gasteiger partial charge in [0.15, 0.2) is 11.6 Å². The number of aromatic amines is 1. The summed E-state index contributed by atoms with van der Waals surface area (Å²) < 4.78 is 99.2. The van der Waals surface area contributed by atoms with Gasteiger partial charge in [-0.15, -0.1) is 22.7 Å². The molecule has 0 spiro atoms. The van der Waals surface area contributed by atoms with Crippen molar-refractivity contribution >= 4 is 63.8 Å². The number of hydrogen-bond donors (Lipinski definition) is 3. The first kappa shape index (κ1) is 77.8. The van der Waals surface area contributed by atoms with Crippen LogP contribution in [-0.2, 0) is 28.4 Å². The number of benzene rings is 1. The molecule has 2 amide bonds. The number of nitrogens with zero attached hydrogens (tertiary/aromatic N) is 14. The van der Waals surface area contributed by atoms with Crippen molar-refractivity contribution < 1.29 is 74.8 Å². The predicted octanol–water partition coefficient (Wildman–Crippen LogP) is 12.3. The topological polar surface area (TPSA) is 340 Å². The molecule has 30 nitrogen and oxygen atoms in total. The highest BCUT2D eigenvalue weighted by Crippen LogP contribution is 2.37. The highest BCUT2D eigenvalue weighted by atomic mass is 32.1. The van der Waals surface area contributed by atoms with Crippen molar-refractivity contribution in [2.45, 2.75) is 110 Å². The molecule has 105 heavy (non-hydrogen) atoms. The number of ether oxygens (including phenoxy) is 7. The summed E-state index contributed by atoms with van der Waals surface area (Å²) in [6, 6.07) is 9.11. The normalized spacial score (nSPS) is 17.6. The third kappa shape index (κ3) is 21.7. The van der Waals surface area contributed by atoms with Crippen molar-refractivity contribution in [1.82, 2.24) is 69.3 Å². The lowest BCUT2D eigenvalue weighted by Gasteiger charge is -2.28. The highest BCUT2D eigenvalue weighted by Gasteiger charge is 2.30. The van der Waals surface area contributed by atoms with E-state index >= 15 is 0 Å². The van der Waals surface area contributed by atoms with Crippen LogP contribution in [0.2, 0.25) is 0 Å². The minimum atomic E-state index is -0.869. The number of nitro groups is 1. The van der Waals surface area contributed by atoms with E-state index in [0.29, 0.717) is 48.4 Å². The molecule has 3 N–H and O–H groups in total. The number of H-pyrrole nitrogens is 1. The van der Waals surface area contributed by atoms with Crippen molar-refractivity contribution in [3.63, 3.8) is 0 Å². The molecule has 0 unspecified atom stereocenters.